The Bertz CT molecular complexity index is 590. The number of ether oxygens (including phenoxy) is 1. The maximum absolute atomic E-state index is 13.7. The molecule has 0 aliphatic carbocycles. The summed E-state index contributed by atoms with van der Waals surface area (Å²) in [6.07, 6.45) is 1.64. The van der Waals surface area contributed by atoms with E-state index in [0.717, 1.165) is 11.6 Å². The summed E-state index contributed by atoms with van der Waals surface area (Å²) >= 11 is 0. The molecule has 0 amide bonds. The van der Waals surface area contributed by atoms with Crippen LogP contribution in [0.2, 0.25) is 0 Å². The Morgan fingerprint density at radius 1 is 1.30 bits per heavy atom. The summed E-state index contributed by atoms with van der Waals surface area (Å²) in [5.74, 6) is -1.12. The first kappa shape index (κ1) is 14.4. The van der Waals surface area contributed by atoms with Gasteiger partial charge in [-0.3, -0.25) is 0 Å². The van der Waals surface area contributed by atoms with Gasteiger partial charge in [-0.05, 0) is 24.6 Å². The van der Waals surface area contributed by atoms with E-state index in [0.29, 0.717) is 18.0 Å². The predicted molar refractivity (Wildman–Crippen MR) is 72.4 cm³/mol. The minimum Gasteiger partial charge on any atom is -0.481 e. The maximum atomic E-state index is 13.7. The fraction of sp³-hybridized carbons (Fsp3) is 0.267. The summed E-state index contributed by atoms with van der Waals surface area (Å²) in [4.78, 5) is 4.01. The summed E-state index contributed by atoms with van der Waals surface area (Å²) in [5.41, 5.74) is 1.27. The van der Waals surface area contributed by atoms with Crippen molar-refractivity contribution in [3.8, 4) is 5.88 Å². The number of methoxy groups -OCH3 is 1. The van der Waals surface area contributed by atoms with Gasteiger partial charge in [0, 0.05) is 30.4 Å². The van der Waals surface area contributed by atoms with E-state index in [1.165, 1.54) is 6.07 Å². The quantitative estimate of drug-likeness (QED) is 0.912. The van der Waals surface area contributed by atoms with Gasteiger partial charge in [-0.15, -0.1) is 0 Å². The average molecular weight is 278 g/mol. The zero-order valence-electron chi connectivity index (χ0n) is 11.4. The van der Waals surface area contributed by atoms with Crippen molar-refractivity contribution in [1.29, 1.82) is 0 Å². The average Bonchev–Trinajstić information content (AvgIpc) is 2.48. The molecular weight excluding hydrogens is 262 g/mol. The zero-order chi connectivity index (χ0) is 14.5. The standard InChI is InChI=1S/C15H16F2N2O/c1-10(12-4-3-5-13(16)15(12)17)19-9-11-6-7-18-14(8-11)20-2/h3-8,10,19H,9H2,1-2H3. The molecule has 0 aliphatic rings. The summed E-state index contributed by atoms with van der Waals surface area (Å²) in [6.45, 7) is 2.30. The van der Waals surface area contributed by atoms with E-state index in [9.17, 15) is 8.78 Å². The first-order valence-corrected chi connectivity index (χ1v) is 6.28. The molecule has 1 N–H and O–H groups in total. The number of nitrogens with zero attached hydrogens (tertiary/aromatic N) is 1. The molecular formula is C15H16F2N2O. The van der Waals surface area contributed by atoms with Gasteiger partial charge in [0.1, 0.15) is 0 Å². The number of benzene rings is 1. The number of halogens is 2. The third-order valence-electron chi connectivity index (χ3n) is 3.07. The van der Waals surface area contributed by atoms with Crippen molar-refractivity contribution in [3.05, 3.63) is 59.3 Å². The van der Waals surface area contributed by atoms with Crippen molar-refractivity contribution in [2.24, 2.45) is 0 Å². The molecule has 0 fully saturated rings. The van der Waals surface area contributed by atoms with E-state index < -0.39 is 11.6 Å². The molecule has 1 unspecified atom stereocenters. The minimum absolute atomic E-state index is 0.301. The summed E-state index contributed by atoms with van der Waals surface area (Å²) < 4.78 is 31.9. The fourth-order valence-corrected chi connectivity index (χ4v) is 1.91. The van der Waals surface area contributed by atoms with Crippen LogP contribution in [0.3, 0.4) is 0 Å². The second kappa shape index (κ2) is 6.43. The Morgan fingerprint density at radius 2 is 2.10 bits per heavy atom. The van der Waals surface area contributed by atoms with Crippen LogP contribution in [-0.4, -0.2) is 12.1 Å². The molecule has 5 heteroatoms. The molecule has 0 aliphatic heterocycles. The molecule has 2 rings (SSSR count). The van der Waals surface area contributed by atoms with E-state index in [4.69, 9.17) is 4.74 Å². The summed E-state index contributed by atoms with van der Waals surface area (Å²) in [5, 5.41) is 3.14. The van der Waals surface area contributed by atoms with Gasteiger partial charge < -0.3 is 10.1 Å². The zero-order valence-corrected chi connectivity index (χ0v) is 11.4. The molecule has 2 aromatic rings. The Kier molecular flexibility index (Phi) is 4.63. The van der Waals surface area contributed by atoms with Crippen molar-refractivity contribution in [3.63, 3.8) is 0 Å². The third kappa shape index (κ3) is 3.30. The van der Waals surface area contributed by atoms with Gasteiger partial charge in [-0.25, -0.2) is 13.8 Å². The third-order valence-corrected chi connectivity index (χ3v) is 3.07. The molecule has 20 heavy (non-hydrogen) atoms. The van der Waals surface area contributed by atoms with Gasteiger partial charge >= 0.3 is 0 Å². The van der Waals surface area contributed by atoms with Crippen molar-refractivity contribution in [1.82, 2.24) is 10.3 Å². The highest BCUT2D eigenvalue weighted by Gasteiger charge is 2.13. The van der Waals surface area contributed by atoms with Crippen LogP contribution in [0.5, 0.6) is 5.88 Å². The van der Waals surface area contributed by atoms with Gasteiger partial charge in [0.05, 0.1) is 7.11 Å². The van der Waals surface area contributed by atoms with Crippen LogP contribution in [0.4, 0.5) is 8.78 Å². The number of hydrogen-bond donors (Lipinski definition) is 1. The lowest BCUT2D eigenvalue weighted by atomic mass is 10.1. The van der Waals surface area contributed by atoms with Gasteiger partial charge in [0.2, 0.25) is 5.88 Å². The van der Waals surface area contributed by atoms with E-state index in [1.54, 1.807) is 32.4 Å². The van der Waals surface area contributed by atoms with E-state index in [1.807, 2.05) is 6.07 Å². The maximum Gasteiger partial charge on any atom is 0.213 e. The molecule has 0 saturated carbocycles. The number of hydrogen-bond acceptors (Lipinski definition) is 3. The van der Waals surface area contributed by atoms with Crippen molar-refractivity contribution >= 4 is 0 Å². The summed E-state index contributed by atoms with van der Waals surface area (Å²) in [6, 6.07) is 7.51. The van der Waals surface area contributed by atoms with Crippen LogP contribution in [-0.2, 0) is 6.54 Å². The number of pyridine rings is 1. The molecule has 0 spiro atoms. The Balaban J connectivity index is 2.04. The highest BCUT2D eigenvalue weighted by Crippen LogP contribution is 2.19. The SMILES string of the molecule is COc1cc(CNC(C)c2cccc(F)c2F)ccn1. The normalized spacial score (nSPS) is 12.2. The highest BCUT2D eigenvalue weighted by molar-refractivity contribution is 5.23. The van der Waals surface area contributed by atoms with Crippen LogP contribution < -0.4 is 10.1 Å². The first-order chi connectivity index (χ1) is 9.61. The molecule has 1 aromatic carbocycles. The molecule has 0 bridgehead atoms. The van der Waals surface area contributed by atoms with E-state index >= 15 is 0 Å². The van der Waals surface area contributed by atoms with Gasteiger partial charge in [-0.2, -0.15) is 0 Å². The molecule has 1 atom stereocenters. The molecule has 0 radical (unpaired) electrons. The van der Waals surface area contributed by atoms with Crippen molar-refractivity contribution in [2.75, 3.05) is 7.11 Å². The van der Waals surface area contributed by atoms with Gasteiger partial charge in [0.25, 0.3) is 0 Å². The molecule has 0 saturated heterocycles. The smallest absolute Gasteiger partial charge is 0.213 e. The summed E-state index contributed by atoms with van der Waals surface area (Å²) in [7, 11) is 1.55. The topological polar surface area (TPSA) is 34.1 Å². The van der Waals surface area contributed by atoms with Crippen molar-refractivity contribution in [2.45, 2.75) is 19.5 Å². The van der Waals surface area contributed by atoms with Crippen LogP contribution in [0.15, 0.2) is 36.5 Å². The lowest BCUT2D eigenvalue weighted by Crippen LogP contribution is -2.19. The lowest BCUT2D eigenvalue weighted by molar-refractivity contribution is 0.396. The largest absolute Gasteiger partial charge is 0.481 e. The van der Waals surface area contributed by atoms with E-state index in [-0.39, 0.29) is 6.04 Å². The second-order valence-electron chi connectivity index (χ2n) is 4.45. The van der Waals surface area contributed by atoms with Crippen LogP contribution in [0.1, 0.15) is 24.1 Å². The van der Waals surface area contributed by atoms with Crippen LogP contribution in [0, 0.1) is 11.6 Å². The highest BCUT2D eigenvalue weighted by atomic mass is 19.2. The van der Waals surface area contributed by atoms with Gasteiger partial charge in [0.15, 0.2) is 11.6 Å². The fourth-order valence-electron chi connectivity index (χ4n) is 1.91. The molecule has 1 aromatic heterocycles. The van der Waals surface area contributed by atoms with E-state index in [2.05, 4.69) is 10.3 Å². The Labute approximate surface area is 116 Å². The molecule has 1 heterocycles. The Morgan fingerprint density at radius 3 is 2.85 bits per heavy atom. The predicted octanol–water partition coefficient (Wildman–Crippen LogP) is 3.22. The second-order valence-corrected chi connectivity index (χ2v) is 4.45. The first-order valence-electron chi connectivity index (χ1n) is 6.28. The monoisotopic (exact) mass is 278 g/mol. The number of aromatic nitrogens is 1. The minimum atomic E-state index is -0.832. The molecule has 106 valence electrons. The Hall–Kier alpha value is -2.01. The number of nitrogens with one attached hydrogen (secondary N) is 1. The van der Waals surface area contributed by atoms with Crippen molar-refractivity contribution < 1.29 is 13.5 Å². The lowest BCUT2D eigenvalue weighted by Gasteiger charge is -2.15. The van der Waals surface area contributed by atoms with Gasteiger partial charge in [-0.1, -0.05) is 12.1 Å². The number of rotatable bonds is 5. The molecule has 3 nitrogen and oxygen atoms in total. The van der Waals surface area contributed by atoms with Crippen LogP contribution in [0.25, 0.3) is 0 Å². The van der Waals surface area contributed by atoms with Crippen LogP contribution >= 0.6 is 0 Å².